The summed E-state index contributed by atoms with van der Waals surface area (Å²) in [5.74, 6) is 0.479. The van der Waals surface area contributed by atoms with Gasteiger partial charge >= 0.3 is 0 Å². The molecule has 0 spiro atoms. The Hall–Kier alpha value is -4.17. The van der Waals surface area contributed by atoms with Crippen LogP contribution in [0.1, 0.15) is 32.1 Å². The molecule has 4 N–H and O–H groups in total. The standard InChI is InChI=1S/C25H21N5O2S/c1-15-11-23(30-29-15)26-14-20-19-13-17(6-9-21(19)28-24(20)31)12-16-4-7-18(8-5-16)27-25(32)22-3-2-10-33-22/h2-11,13-14H,12H2,1H3,(H,27,32)(H,28,31)(H2,26,29,30)/b20-14-. The summed E-state index contributed by atoms with van der Waals surface area (Å²) in [6, 6.07) is 19.3. The first-order chi connectivity index (χ1) is 16.0. The van der Waals surface area contributed by atoms with Crippen molar-refractivity contribution in [1.82, 2.24) is 10.2 Å². The van der Waals surface area contributed by atoms with Gasteiger partial charge in [0.25, 0.3) is 11.8 Å². The Morgan fingerprint density at radius 1 is 1.09 bits per heavy atom. The molecule has 0 saturated carbocycles. The Bertz CT molecular complexity index is 1350. The van der Waals surface area contributed by atoms with Gasteiger partial charge in [0.15, 0.2) is 0 Å². The molecule has 0 saturated heterocycles. The van der Waals surface area contributed by atoms with Crippen LogP contribution in [0.2, 0.25) is 0 Å². The summed E-state index contributed by atoms with van der Waals surface area (Å²) in [4.78, 5) is 25.4. The normalized spacial score (nSPS) is 13.6. The first-order valence-corrected chi connectivity index (χ1v) is 11.3. The number of aromatic amines is 1. The molecule has 0 fully saturated rings. The summed E-state index contributed by atoms with van der Waals surface area (Å²) in [5, 5.41) is 17.8. The first kappa shape index (κ1) is 20.7. The minimum atomic E-state index is -0.142. The number of anilines is 3. The molecule has 0 radical (unpaired) electrons. The molecular formula is C25H21N5O2S. The second kappa shape index (κ2) is 8.76. The highest BCUT2D eigenvalue weighted by Gasteiger charge is 2.24. The maximum absolute atomic E-state index is 12.5. The van der Waals surface area contributed by atoms with Gasteiger partial charge in [-0.2, -0.15) is 5.10 Å². The zero-order valence-electron chi connectivity index (χ0n) is 17.8. The van der Waals surface area contributed by atoms with E-state index in [-0.39, 0.29) is 11.8 Å². The molecule has 164 valence electrons. The highest BCUT2D eigenvalue weighted by Crippen LogP contribution is 2.33. The fourth-order valence-corrected chi connectivity index (χ4v) is 4.30. The van der Waals surface area contributed by atoms with Crippen LogP contribution in [0.5, 0.6) is 0 Å². The van der Waals surface area contributed by atoms with E-state index in [1.165, 1.54) is 11.3 Å². The van der Waals surface area contributed by atoms with Crippen molar-refractivity contribution in [3.63, 3.8) is 0 Å². The third-order valence-electron chi connectivity index (χ3n) is 5.31. The number of hydrogen-bond acceptors (Lipinski definition) is 5. The van der Waals surface area contributed by atoms with Crippen molar-refractivity contribution in [1.29, 1.82) is 0 Å². The first-order valence-electron chi connectivity index (χ1n) is 10.4. The van der Waals surface area contributed by atoms with Crippen molar-refractivity contribution in [3.8, 4) is 0 Å². The quantitative estimate of drug-likeness (QED) is 0.307. The van der Waals surface area contributed by atoms with Crippen LogP contribution in [0, 0.1) is 6.92 Å². The van der Waals surface area contributed by atoms with Crippen molar-refractivity contribution in [3.05, 3.63) is 99.5 Å². The number of thiophene rings is 1. The Morgan fingerprint density at radius 3 is 2.64 bits per heavy atom. The van der Waals surface area contributed by atoms with E-state index in [1.54, 1.807) is 12.3 Å². The van der Waals surface area contributed by atoms with E-state index in [0.717, 1.165) is 39.6 Å². The van der Waals surface area contributed by atoms with Gasteiger partial charge in [-0.3, -0.25) is 14.7 Å². The Morgan fingerprint density at radius 2 is 1.91 bits per heavy atom. The lowest BCUT2D eigenvalue weighted by molar-refractivity contribution is -0.110. The molecule has 0 bridgehead atoms. The molecule has 5 rings (SSSR count). The second-order valence-electron chi connectivity index (χ2n) is 7.76. The van der Waals surface area contributed by atoms with E-state index >= 15 is 0 Å². The summed E-state index contributed by atoms with van der Waals surface area (Å²) in [6.07, 6.45) is 2.41. The second-order valence-corrected chi connectivity index (χ2v) is 8.71. The monoisotopic (exact) mass is 455 g/mol. The number of benzene rings is 2. The average molecular weight is 456 g/mol. The van der Waals surface area contributed by atoms with Gasteiger partial charge in [-0.25, -0.2) is 0 Å². The largest absolute Gasteiger partial charge is 0.346 e. The molecule has 3 heterocycles. The molecule has 2 aromatic heterocycles. The summed E-state index contributed by atoms with van der Waals surface area (Å²) in [6.45, 7) is 1.89. The van der Waals surface area contributed by atoms with E-state index in [4.69, 9.17) is 0 Å². The van der Waals surface area contributed by atoms with E-state index < -0.39 is 0 Å². The maximum Gasteiger partial charge on any atom is 0.265 e. The maximum atomic E-state index is 12.5. The van der Waals surface area contributed by atoms with Gasteiger partial charge in [0.2, 0.25) is 0 Å². The number of H-pyrrole nitrogens is 1. The topological polar surface area (TPSA) is 98.9 Å². The van der Waals surface area contributed by atoms with E-state index in [0.29, 0.717) is 16.9 Å². The number of aryl methyl sites for hydroxylation is 1. The lowest BCUT2D eigenvalue weighted by Gasteiger charge is -2.08. The predicted molar refractivity (Wildman–Crippen MR) is 132 cm³/mol. The molecule has 0 atom stereocenters. The summed E-state index contributed by atoms with van der Waals surface area (Å²) in [5.41, 5.74) is 6.05. The van der Waals surface area contributed by atoms with Crippen molar-refractivity contribution in [2.24, 2.45) is 0 Å². The number of carbonyl (C=O) groups is 2. The number of nitrogens with zero attached hydrogens (tertiary/aromatic N) is 1. The van der Waals surface area contributed by atoms with Gasteiger partial charge in [0.1, 0.15) is 5.82 Å². The Balaban J connectivity index is 1.29. The molecule has 2 amide bonds. The fraction of sp³-hybridized carbons (Fsp3) is 0.0800. The van der Waals surface area contributed by atoms with Crippen LogP contribution in [0.4, 0.5) is 17.2 Å². The molecule has 1 aliphatic rings. The molecule has 7 nitrogen and oxygen atoms in total. The van der Waals surface area contributed by atoms with Crippen LogP contribution in [0.3, 0.4) is 0 Å². The Labute approximate surface area is 194 Å². The number of fused-ring (bicyclic) bond motifs is 1. The molecular weight excluding hydrogens is 434 g/mol. The van der Waals surface area contributed by atoms with Crippen LogP contribution >= 0.6 is 11.3 Å². The van der Waals surface area contributed by atoms with Crippen LogP contribution < -0.4 is 16.0 Å². The highest BCUT2D eigenvalue weighted by molar-refractivity contribution is 7.12. The van der Waals surface area contributed by atoms with Crippen molar-refractivity contribution >= 4 is 45.9 Å². The van der Waals surface area contributed by atoms with E-state index in [9.17, 15) is 9.59 Å². The van der Waals surface area contributed by atoms with Gasteiger partial charge in [-0.1, -0.05) is 24.3 Å². The Kier molecular flexibility index (Phi) is 5.50. The van der Waals surface area contributed by atoms with Crippen LogP contribution in [0.25, 0.3) is 5.57 Å². The smallest absolute Gasteiger partial charge is 0.265 e. The molecule has 2 aromatic carbocycles. The summed E-state index contributed by atoms with van der Waals surface area (Å²) < 4.78 is 0. The number of hydrogen-bond donors (Lipinski definition) is 4. The lowest BCUT2D eigenvalue weighted by Crippen LogP contribution is -2.09. The minimum Gasteiger partial charge on any atom is -0.346 e. The van der Waals surface area contributed by atoms with Crippen molar-refractivity contribution in [2.75, 3.05) is 16.0 Å². The van der Waals surface area contributed by atoms with Crippen LogP contribution in [-0.2, 0) is 11.2 Å². The van der Waals surface area contributed by atoms with Gasteiger partial charge in [-0.05, 0) is 60.2 Å². The fourth-order valence-electron chi connectivity index (χ4n) is 3.68. The zero-order valence-corrected chi connectivity index (χ0v) is 18.6. The van der Waals surface area contributed by atoms with Crippen LogP contribution in [0.15, 0.2) is 72.2 Å². The molecule has 0 aliphatic carbocycles. The van der Waals surface area contributed by atoms with Gasteiger partial charge in [0, 0.05) is 29.2 Å². The number of aromatic nitrogens is 2. The van der Waals surface area contributed by atoms with E-state index in [1.807, 2.05) is 66.9 Å². The number of nitrogens with one attached hydrogen (secondary N) is 4. The number of amides is 2. The predicted octanol–water partition coefficient (Wildman–Crippen LogP) is 5.03. The zero-order chi connectivity index (χ0) is 22.8. The average Bonchev–Trinajstić information content (AvgIpc) is 3.54. The molecule has 0 unspecified atom stereocenters. The minimum absolute atomic E-state index is 0.105. The van der Waals surface area contributed by atoms with E-state index in [2.05, 4.69) is 26.1 Å². The van der Waals surface area contributed by atoms with Crippen molar-refractivity contribution in [2.45, 2.75) is 13.3 Å². The number of carbonyl (C=O) groups excluding carboxylic acids is 2. The SMILES string of the molecule is Cc1cc(N/C=C2\C(=O)Nc3ccc(Cc4ccc(NC(=O)c5cccs5)cc4)cc32)[nH]n1. The molecule has 4 aromatic rings. The van der Waals surface area contributed by atoms with Gasteiger partial charge in [-0.15, -0.1) is 11.3 Å². The third-order valence-corrected chi connectivity index (χ3v) is 6.18. The summed E-state index contributed by atoms with van der Waals surface area (Å²) >= 11 is 1.41. The highest BCUT2D eigenvalue weighted by atomic mass is 32.1. The van der Waals surface area contributed by atoms with Gasteiger partial charge < -0.3 is 16.0 Å². The van der Waals surface area contributed by atoms with Gasteiger partial charge in [0.05, 0.1) is 16.1 Å². The molecule has 33 heavy (non-hydrogen) atoms. The third kappa shape index (κ3) is 4.56. The summed E-state index contributed by atoms with van der Waals surface area (Å²) in [7, 11) is 0. The van der Waals surface area contributed by atoms with Crippen molar-refractivity contribution < 1.29 is 9.59 Å². The lowest BCUT2D eigenvalue weighted by atomic mass is 9.99. The van der Waals surface area contributed by atoms with Crippen LogP contribution in [-0.4, -0.2) is 22.0 Å². The molecule has 1 aliphatic heterocycles. The molecule has 8 heteroatoms. The number of rotatable bonds is 6.